The van der Waals surface area contributed by atoms with Gasteiger partial charge in [0.25, 0.3) is 5.89 Å². The van der Waals surface area contributed by atoms with Crippen molar-refractivity contribution in [3.63, 3.8) is 0 Å². The van der Waals surface area contributed by atoms with Gasteiger partial charge in [0.05, 0.1) is 0 Å². The van der Waals surface area contributed by atoms with E-state index in [1.54, 1.807) is 0 Å². The van der Waals surface area contributed by atoms with Crippen LogP contribution in [0.2, 0.25) is 0 Å². The molecule has 0 amide bonds. The number of aryl methyl sites for hydroxylation is 1. The van der Waals surface area contributed by atoms with Crippen LogP contribution in [0.15, 0.2) is 10.6 Å². The Bertz CT molecular complexity index is 343. The maximum atomic E-state index is 5.14. The lowest BCUT2D eigenvalue weighted by Gasteiger charge is -2.23. The van der Waals surface area contributed by atoms with Crippen molar-refractivity contribution in [2.24, 2.45) is 0 Å². The lowest BCUT2D eigenvalue weighted by molar-refractivity contribution is 0.314. The normalized spacial score (nSPS) is 18.3. The number of rotatable bonds is 2. The molecule has 0 bridgehead atoms. The second kappa shape index (κ2) is 3.92. The molecule has 1 aliphatic heterocycles. The van der Waals surface area contributed by atoms with Gasteiger partial charge < -0.3 is 4.52 Å². The quantitative estimate of drug-likeness (QED) is 0.713. The van der Waals surface area contributed by atoms with Crippen LogP contribution < -0.4 is 0 Å². The van der Waals surface area contributed by atoms with Crippen molar-refractivity contribution in [1.29, 1.82) is 0 Å². The van der Waals surface area contributed by atoms with E-state index in [0.717, 1.165) is 26.1 Å². The molecule has 1 aromatic heterocycles. The summed E-state index contributed by atoms with van der Waals surface area (Å²) in [7, 11) is 0. The van der Waals surface area contributed by atoms with Crippen LogP contribution in [0, 0.1) is 6.92 Å². The van der Waals surface area contributed by atoms with Gasteiger partial charge in [0.2, 0.25) is 0 Å². The summed E-state index contributed by atoms with van der Waals surface area (Å²) in [5, 5.41) is 3.80. The maximum absolute atomic E-state index is 5.14. The van der Waals surface area contributed by atoms with Crippen molar-refractivity contribution in [3.05, 3.63) is 17.8 Å². The Kier molecular flexibility index (Phi) is 2.63. The predicted molar refractivity (Wildman–Crippen MR) is 53.7 cm³/mol. The molecule has 1 aliphatic rings. The molecule has 2 rings (SSSR count). The molecule has 1 aromatic rings. The first-order chi connectivity index (χ1) is 6.79. The van der Waals surface area contributed by atoms with Crippen LogP contribution in [0.3, 0.4) is 0 Å². The first kappa shape index (κ1) is 9.40. The van der Waals surface area contributed by atoms with E-state index < -0.39 is 0 Å². The van der Waals surface area contributed by atoms with Crippen LogP contribution in [0.1, 0.15) is 25.1 Å². The van der Waals surface area contributed by atoms with E-state index in [-0.39, 0.29) is 0 Å². The minimum absolute atomic E-state index is 0.681. The lowest BCUT2D eigenvalue weighted by atomic mass is 10.1. The molecule has 0 N–H and O–H groups in total. The number of hydrogen-bond acceptors (Lipinski definition) is 4. The number of nitrogens with zero attached hydrogens (tertiary/aromatic N) is 3. The lowest BCUT2D eigenvalue weighted by Crippen LogP contribution is -2.29. The molecule has 0 fully saturated rings. The minimum atomic E-state index is 0.681. The molecule has 0 aromatic carbocycles. The van der Waals surface area contributed by atoms with Crippen molar-refractivity contribution >= 4 is 5.57 Å². The highest BCUT2D eigenvalue weighted by Gasteiger charge is 2.16. The molecule has 0 atom stereocenters. The Morgan fingerprint density at radius 2 is 2.43 bits per heavy atom. The summed E-state index contributed by atoms with van der Waals surface area (Å²) in [4.78, 5) is 6.60. The molecular formula is C10H15N3O. The summed E-state index contributed by atoms with van der Waals surface area (Å²) >= 11 is 0. The average Bonchev–Trinajstić information content (AvgIpc) is 2.65. The van der Waals surface area contributed by atoms with Crippen LogP contribution in [-0.2, 0) is 0 Å². The van der Waals surface area contributed by atoms with Crippen LogP contribution in [0.5, 0.6) is 0 Å². The van der Waals surface area contributed by atoms with Crippen molar-refractivity contribution in [2.75, 3.05) is 19.6 Å². The molecule has 0 unspecified atom stereocenters. The second-order valence-electron chi connectivity index (χ2n) is 3.53. The Balaban J connectivity index is 2.15. The maximum Gasteiger partial charge on any atom is 0.254 e. The van der Waals surface area contributed by atoms with Gasteiger partial charge in [-0.2, -0.15) is 4.98 Å². The van der Waals surface area contributed by atoms with E-state index in [1.165, 1.54) is 5.57 Å². The highest BCUT2D eigenvalue weighted by Crippen LogP contribution is 2.18. The van der Waals surface area contributed by atoms with Crippen LogP contribution >= 0.6 is 0 Å². The van der Waals surface area contributed by atoms with E-state index in [4.69, 9.17) is 4.52 Å². The summed E-state index contributed by atoms with van der Waals surface area (Å²) in [5.74, 6) is 1.38. The van der Waals surface area contributed by atoms with Crippen LogP contribution in [0.25, 0.3) is 5.57 Å². The molecule has 0 saturated carbocycles. The van der Waals surface area contributed by atoms with Gasteiger partial charge in [-0.3, -0.25) is 4.90 Å². The minimum Gasteiger partial charge on any atom is -0.334 e. The van der Waals surface area contributed by atoms with Gasteiger partial charge in [-0.25, -0.2) is 0 Å². The molecule has 2 heterocycles. The van der Waals surface area contributed by atoms with E-state index >= 15 is 0 Å². The highest BCUT2D eigenvalue weighted by molar-refractivity contribution is 5.60. The zero-order valence-electron chi connectivity index (χ0n) is 8.66. The summed E-state index contributed by atoms with van der Waals surface area (Å²) in [5.41, 5.74) is 1.17. The third-order valence-electron chi connectivity index (χ3n) is 2.48. The summed E-state index contributed by atoms with van der Waals surface area (Å²) < 4.78 is 5.14. The summed E-state index contributed by atoms with van der Waals surface area (Å²) in [6.07, 6.45) is 3.27. The van der Waals surface area contributed by atoms with Gasteiger partial charge in [0.1, 0.15) is 0 Å². The van der Waals surface area contributed by atoms with Crippen molar-refractivity contribution in [1.82, 2.24) is 15.0 Å². The number of likely N-dealkylation sites (N-methyl/N-ethyl adjacent to an activating group) is 1. The first-order valence-corrected chi connectivity index (χ1v) is 5.01. The van der Waals surface area contributed by atoms with Gasteiger partial charge in [0.15, 0.2) is 5.82 Å². The van der Waals surface area contributed by atoms with Crippen LogP contribution in [0.4, 0.5) is 0 Å². The van der Waals surface area contributed by atoms with E-state index in [1.807, 2.05) is 6.92 Å². The van der Waals surface area contributed by atoms with E-state index in [2.05, 4.69) is 28.0 Å². The van der Waals surface area contributed by atoms with E-state index in [0.29, 0.717) is 11.7 Å². The second-order valence-corrected chi connectivity index (χ2v) is 3.53. The molecule has 0 spiro atoms. The monoisotopic (exact) mass is 193 g/mol. The summed E-state index contributed by atoms with van der Waals surface area (Å²) in [6, 6.07) is 0. The average molecular weight is 193 g/mol. The van der Waals surface area contributed by atoms with Crippen LogP contribution in [-0.4, -0.2) is 34.7 Å². The van der Waals surface area contributed by atoms with Gasteiger partial charge in [-0.1, -0.05) is 18.2 Å². The molecule has 0 radical (unpaired) electrons. The fraction of sp³-hybridized carbons (Fsp3) is 0.600. The Hall–Kier alpha value is -1.16. The zero-order valence-corrected chi connectivity index (χ0v) is 8.66. The molecule has 0 saturated heterocycles. The fourth-order valence-corrected chi connectivity index (χ4v) is 1.66. The van der Waals surface area contributed by atoms with Crippen molar-refractivity contribution in [2.45, 2.75) is 20.3 Å². The van der Waals surface area contributed by atoms with Crippen molar-refractivity contribution < 1.29 is 4.52 Å². The SMILES string of the molecule is CCN1CCC=C(c2nc(C)no2)C1. The predicted octanol–water partition coefficient (Wildman–Crippen LogP) is 1.49. The van der Waals surface area contributed by atoms with Gasteiger partial charge in [-0.15, -0.1) is 0 Å². The number of hydrogen-bond donors (Lipinski definition) is 0. The zero-order chi connectivity index (χ0) is 9.97. The third kappa shape index (κ3) is 1.85. The number of aromatic nitrogens is 2. The van der Waals surface area contributed by atoms with E-state index in [9.17, 15) is 0 Å². The molecular weight excluding hydrogens is 178 g/mol. The molecule has 76 valence electrons. The summed E-state index contributed by atoms with van der Waals surface area (Å²) in [6.45, 7) is 7.14. The topological polar surface area (TPSA) is 42.2 Å². The molecule has 0 aliphatic carbocycles. The third-order valence-corrected chi connectivity index (χ3v) is 2.48. The Morgan fingerprint density at radius 1 is 1.57 bits per heavy atom. The highest BCUT2D eigenvalue weighted by atomic mass is 16.5. The van der Waals surface area contributed by atoms with Gasteiger partial charge in [-0.05, 0) is 19.9 Å². The van der Waals surface area contributed by atoms with Gasteiger partial charge in [0, 0.05) is 18.7 Å². The molecule has 4 nitrogen and oxygen atoms in total. The Morgan fingerprint density at radius 3 is 3.07 bits per heavy atom. The Labute approximate surface area is 83.6 Å². The molecule has 14 heavy (non-hydrogen) atoms. The smallest absolute Gasteiger partial charge is 0.254 e. The standard InChI is InChI=1S/C10H15N3O/c1-3-13-6-4-5-9(7-13)10-11-8(2)12-14-10/h5H,3-4,6-7H2,1-2H3. The largest absolute Gasteiger partial charge is 0.334 e. The van der Waals surface area contributed by atoms with Gasteiger partial charge >= 0.3 is 0 Å². The first-order valence-electron chi connectivity index (χ1n) is 5.01. The fourth-order valence-electron chi connectivity index (χ4n) is 1.66. The molecule has 4 heteroatoms. The van der Waals surface area contributed by atoms with Crippen molar-refractivity contribution in [3.8, 4) is 0 Å².